The van der Waals surface area contributed by atoms with Crippen LogP contribution in [0.2, 0.25) is 0 Å². The van der Waals surface area contributed by atoms with E-state index < -0.39 is 6.23 Å². The summed E-state index contributed by atoms with van der Waals surface area (Å²) < 4.78 is 21.8. The van der Waals surface area contributed by atoms with E-state index in [0.717, 1.165) is 17.1 Å². The minimum Gasteiger partial charge on any atom is -0.497 e. The number of amides is 1. The second-order valence-electron chi connectivity index (χ2n) is 5.56. The minimum absolute atomic E-state index is 0.114. The molecule has 7 heteroatoms. The first-order chi connectivity index (χ1) is 12.6. The van der Waals surface area contributed by atoms with Crippen LogP contribution in [0.25, 0.3) is 0 Å². The molecule has 0 bridgehead atoms. The summed E-state index contributed by atoms with van der Waals surface area (Å²) in [7, 11) is 3.20. The van der Waals surface area contributed by atoms with Gasteiger partial charge in [-0.3, -0.25) is 4.79 Å². The van der Waals surface area contributed by atoms with Crippen molar-refractivity contribution >= 4 is 11.8 Å². The van der Waals surface area contributed by atoms with Crippen molar-refractivity contribution < 1.29 is 23.7 Å². The Bertz CT molecular complexity index is 787. The summed E-state index contributed by atoms with van der Waals surface area (Å²) in [5.74, 6) is 2.24. The van der Waals surface area contributed by atoms with Crippen molar-refractivity contribution in [3.05, 3.63) is 54.1 Å². The standard InChI is InChI=1S/C19H20N2O5/c1-13(22)21-19(14-4-6-15(23-2)7-5-14)26-18(20-21)12-25-17-10-8-16(24-3)9-11-17/h4-11,19H,12H2,1-3H3. The predicted octanol–water partition coefficient (Wildman–Crippen LogP) is 2.97. The van der Waals surface area contributed by atoms with Crippen molar-refractivity contribution in [1.29, 1.82) is 0 Å². The summed E-state index contributed by atoms with van der Waals surface area (Å²) in [4.78, 5) is 11.9. The zero-order valence-electron chi connectivity index (χ0n) is 14.8. The summed E-state index contributed by atoms with van der Waals surface area (Å²) >= 11 is 0. The Morgan fingerprint density at radius 2 is 1.54 bits per heavy atom. The number of carbonyl (C=O) groups is 1. The molecule has 7 nitrogen and oxygen atoms in total. The molecule has 0 aliphatic carbocycles. The van der Waals surface area contributed by atoms with Crippen molar-refractivity contribution in [2.75, 3.05) is 20.8 Å². The molecule has 1 atom stereocenters. The van der Waals surface area contributed by atoms with E-state index in [0.29, 0.717) is 11.6 Å². The number of carbonyl (C=O) groups excluding carboxylic acids is 1. The van der Waals surface area contributed by atoms with Gasteiger partial charge in [-0.2, -0.15) is 5.01 Å². The van der Waals surface area contributed by atoms with Gasteiger partial charge in [0.1, 0.15) is 17.2 Å². The average molecular weight is 356 g/mol. The van der Waals surface area contributed by atoms with Gasteiger partial charge >= 0.3 is 0 Å². The van der Waals surface area contributed by atoms with E-state index in [4.69, 9.17) is 18.9 Å². The van der Waals surface area contributed by atoms with Crippen molar-refractivity contribution in [2.24, 2.45) is 5.10 Å². The maximum atomic E-state index is 11.9. The number of ether oxygens (including phenoxy) is 4. The molecule has 1 amide bonds. The molecule has 0 saturated heterocycles. The molecule has 0 aromatic heterocycles. The van der Waals surface area contributed by atoms with Crippen LogP contribution in [0.5, 0.6) is 17.2 Å². The predicted molar refractivity (Wildman–Crippen MR) is 95.3 cm³/mol. The van der Waals surface area contributed by atoms with Gasteiger partial charge in [0.05, 0.1) is 14.2 Å². The number of nitrogens with zero attached hydrogens (tertiary/aromatic N) is 2. The molecular weight excluding hydrogens is 336 g/mol. The van der Waals surface area contributed by atoms with Crippen LogP contribution in [0.4, 0.5) is 0 Å². The SMILES string of the molecule is COc1ccc(OCC2=NN(C(C)=O)C(c3ccc(OC)cc3)O2)cc1. The Labute approximate surface area is 151 Å². The zero-order valence-corrected chi connectivity index (χ0v) is 14.8. The van der Waals surface area contributed by atoms with Gasteiger partial charge < -0.3 is 18.9 Å². The molecule has 1 heterocycles. The Morgan fingerprint density at radius 3 is 2.08 bits per heavy atom. The summed E-state index contributed by atoms with van der Waals surface area (Å²) in [6.07, 6.45) is -0.618. The van der Waals surface area contributed by atoms with Crippen LogP contribution >= 0.6 is 0 Å². The number of hydrogen-bond donors (Lipinski definition) is 0. The lowest BCUT2D eigenvalue weighted by atomic mass is 10.2. The van der Waals surface area contributed by atoms with Crippen LogP contribution in [-0.2, 0) is 9.53 Å². The van der Waals surface area contributed by atoms with Crippen LogP contribution < -0.4 is 14.2 Å². The lowest BCUT2D eigenvalue weighted by Crippen LogP contribution is -2.25. The Hall–Kier alpha value is -3.22. The molecule has 1 unspecified atom stereocenters. The van der Waals surface area contributed by atoms with Gasteiger partial charge in [0.2, 0.25) is 18.0 Å². The number of benzene rings is 2. The molecule has 136 valence electrons. The first-order valence-electron chi connectivity index (χ1n) is 8.05. The molecule has 2 aromatic carbocycles. The fourth-order valence-corrected chi connectivity index (χ4v) is 2.47. The van der Waals surface area contributed by atoms with E-state index in [1.165, 1.54) is 11.9 Å². The van der Waals surface area contributed by atoms with Crippen LogP contribution in [0.1, 0.15) is 18.7 Å². The van der Waals surface area contributed by atoms with Crippen LogP contribution in [0.15, 0.2) is 53.6 Å². The highest BCUT2D eigenvalue weighted by molar-refractivity contribution is 5.83. The van der Waals surface area contributed by atoms with Crippen LogP contribution in [-0.4, -0.2) is 37.6 Å². The quantitative estimate of drug-likeness (QED) is 0.796. The van der Waals surface area contributed by atoms with Gasteiger partial charge in [0, 0.05) is 12.5 Å². The normalized spacial score (nSPS) is 15.9. The largest absolute Gasteiger partial charge is 0.497 e. The number of hydrogen-bond acceptors (Lipinski definition) is 6. The van der Waals surface area contributed by atoms with E-state index in [1.807, 2.05) is 24.3 Å². The maximum Gasteiger partial charge on any atom is 0.247 e. The third-order valence-electron chi connectivity index (χ3n) is 3.83. The van der Waals surface area contributed by atoms with Crippen molar-refractivity contribution in [3.63, 3.8) is 0 Å². The molecule has 1 aliphatic rings. The third kappa shape index (κ3) is 3.88. The average Bonchev–Trinajstić information content (AvgIpc) is 3.11. The number of methoxy groups -OCH3 is 2. The maximum absolute atomic E-state index is 11.9. The first kappa shape index (κ1) is 17.6. The molecule has 0 N–H and O–H groups in total. The summed E-state index contributed by atoms with van der Waals surface area (Å²) in [5, 5.41) is 5.53. The van der Waals surface area contributed by atoms with Crippen LogP contribution in [0, 0.1) is 0 Å². The Morgan fingerprint density at radius 1 is 1.00 bits per heavy atom. The minimum atomic E-state index is -0.618. The lowest BCUT2D eigenvalue weighted by Gasteiger charge is -2.19. The van der Waals surface area contributed by atoms with Gasteiger partial charge in [0.25, 0.3) is 0 Å². The van der Waals surface area contributed by atoms with Crippen molar-refractivity contribution in [3.8, 4) is 17.2 Å². The third-order valence-corrected chi connectivity index (χ3v) is 3.83. The van der Waals surface area contributed by atoms with Gasteiger partial charge in [-0.25, -0.2) is 0 Å². The smallest absolute Gasteiger partial charge is 0.247 e. The Balaban J connectivity index is 1.68. The Kier molecular flexibility index (Phi) is 5.26. The molecule has 0 radical (unpaired) electrons. The van der Waals surface area contributed by atoms with Crippen molar-refractivity contribution in [2.45, 2.75) is 13.2 Å². The van der Waals surface area contributed by atoms with E-state index in [-0.39, 0.29) is 12.5 Å². The van der Waals surface area contributed by atoms with E-state index in [1.54, 1.807) is 38.5 Å². The summed E-state index contributed by atoms with van der Waals surface area (Å²) in [6, 6.07) is 14.5. The molecule has 0 saturated carbocycles. The fourth-order valence-electron chi connectivity index (χ4n) is 2.47. The first-order valence-corrected chi connectivity index (χ1v) is 8.05. The molecule has 2 aromatic rings. The highest BCUT2D eigenvalue weighted by Crippen LogP contribution is 2.29. The van der Waals surface area contributed by atoms with Gasteiger partial charge in [0.15, 0.2) is 6.61 Å². The van der Waals surface area contributed by atoms with Gasteiger partial charge in [-0.05, 0) is 48.5 Å². The molecule has 3 rings (SSSR count). The molecule has 0 fully saturated rings. The number of rotatable bonds is 6. The van der Waals surface area contributed by atoms with E-state index in [2.05, 4.69) is 5.10 Å². The van der Waals surface area contributed by atoms with Gasteiger partial charge in [-0.1, -0.05) is 0 Å². The van der Waals surface area contributed by atoms with Crippen LogP contribution in [0.3, 0.4) is 0 Å². The molecule has 1 aliphatic heterocycles. The fraction of sp³-hybridized carbons (Fsp3) is 0.263. The zero-order chi connectivity index (χ0) is 18.5. The molecular formula is C19H20N2O5. The second kappa shape index (κ2) is 7.77. The topological polar surface area (TPSA) is 69.6 Å². The summed E-state index contributed by atoms with van der Waals surface area (Å²) in [5.41, 5.74) is 0.796. The highest BCUT2D eigenvalue weighted by Gasteiger charge is 2.32. The molecule has 0 spiro atoms. The molecule has 26 heavy (non-hydrogen) atoms. The second-order valence-corrected chi connectivity index (χ2v) is 5.56. The highest BCUT2D eigenvalue weighted by atomic mass is 16.6. The summed E-state index contributed by atoms with van der Waals surface area (Å²) in [6.45, 7) is 1.55. The lowest BCUT2D eigenvalue weighted by molar-refractivity contribution is -0.135. The monoisotopic (exact) mass is 356 g/mol. The van der Waals surface area contributed by atoms with E-state index in [9.17, 15) is 4.79 Å². The van der Waals surface area contributed by atoms with Gasteiger partial charge in [-0.15, -0.1) is 5.10 Å². The number of hydrazone groups is 1. The van der Waals surface area contributed by atoms with E-state index >= 15 is 0 Å². The van der Waals surface area contributed by atoms with Crippen molar-refractivity contribution in [1.82, 2.24) is 5.01 Å².